The molecule has 6 nitrogen and oxygen atoms in total. The Morgan fingerprint density at radius 2 is 2.05 bits per heavy atom. The Morgan fingerprint density at radius 3 is 2.58 bits per heavy atom. The first kappa shape index (κ1) is 13.6. The lowest BCUT2D eigenvalue weighted by molar-refractivity contribution is -0.160. The summed E-state index contributed by atoms with van der Waals surface area (Å²) < 4.78 is 7.10. The van der Waals surface area contributed by atoms with Crippen LogP contribution in [0.2, 0.25) is 0 Å². The number of ether oxygens (including phenoxy) is 1. The van der Waals surface area contributed by atoms with E-state index < -0.39 is 12.1 Å². The molecule has 2 atom stereocenters. The molecule has 104 valence electrons. The number of nitrogens with zero attached hydrogens (tertiary/aromatic N) is 2. The average molecular weight is 266 g/mol. The predicted octanol–water partition coefficient (Wildman–Crippen LogP) is 0.648. The molecule has 0 aliphatic carbocycles. The summed E-state index contributed by atoms with van der Waals surface area (Å²) >= 11 is 0. The van der Waals surface area contributed by atoms with E-state index in [4.69, 9.17) is 9.84 Å². The fourth-order valence-electron chi connectivity index (χ4n) is 2.24. The Bertz CT molecular complexity index is 509. The largest absolute Gasteiger partial charge is 0.479 e. The normalized spacial score (nSPS) is 23.4. The lowest BCUT2D eigenvalue weighted by atomic mass is 10.2. The van der Waals surface area contributed by atoms with E-state index in [1.165, 1.54) is 0 Å². The van der Waals surface area contributed by atoms with Crippen LogP contribution in [0, 0.1) is 6.92 Å². The van der Waals surface area contributed by atoms with Crippen molar-refractivity contribution in [1.82, 2.24) is 9.47 Å². The molecule has 0 saturated carbocycles. The molecular weight excluding hydrogens is 248 g/mol. The molecule has 1 aliphatic heterocycles. The first-order chi connectivity index (χ1) is 8.90. The van der Waals surface area contributed by atoms with Gasteiger partial charge in [-0.25, -0.2) is 4.79 Å². The minimum atomic E-state index is -1.03. The van der Waals surface area contributed by atoms with E-state index in [0.717, 1.165) is 5.69 Å². The lowest BCUT2D eigenvalue weighted by Gasteiger charge is -2.35. The van der Waals surface area contributed by atoms with Crippen molar-refractivity contribution in [2.45, 2.75) is 26.1 Å². The molecule has 0 aromatic carbocycles. The van der Waals surface area contributed by atoms with Crippen molar-refractivity contribution in [2.75, 3.05) is 13.1 Å². The Morgan fingerprint density at radius 1 is 1.37 bits per heavy atom. The maximum atomic E-state index is 12.4. The molecule has 0 radical (unpaired) electrons. The average Bonchev–Trinajstić information content (AvgIpc) is 2.68. The summed E-state index contributed by atoms with van der Waals surface area (Å²) in [5.74, 6) is -1.19. The summed E-state index contributed by atoms with van der Waals surface area (Å²) in [6.45, 7) is 4.18. The zero-order valence-electron chi connectivity index (χ0n) is 11.3. The third-order valence-electron chi connectivity index (χ3n) is 3.41. The summed E-state index contributed by atoms with van der Waals surface area (Å²) in [5, 5.41) is 9.02. The number of hydrogen-bond donors (Lipinski definition) is 1. The van der Waals surface area contributed by atoms with Crippen LogP contribution in [0.1, 0.15) is 23.1 Å². The number of carbonyl (C=O) groups is 2. The van der Waals surface area contributed by atoms with E-state index >= 15 is 0 Å². The van der Waals surface area contributed by atoms with Crippen LogP contribution in [-0.2, 0) is 16.6 Å². The number of carboxylic acid groups (broad SMARTS) is 1. The minimum absolute atomic E-state index is 0.0860. The van der Waals surface area contributed by atoms with Crippen molar-refractivity contribution < 1.29 is 19.4 Å². The maximum Gasteiger partial charge on any atom is 0.334 e. The molecule has 1 unspecified atom stereocenters. The third-order valence-corrected chi connectivity index (χ3v) is 3.41. The van der Waals surface area contributed by atoms with Gasteiger partial charge in [0.25, 0.3) is 5.91 Å². The first-order valence-electron chi connectivity index (χ1n) is 6.20. The van der Waals surface area contributed by atoms with Crippen molar-refractivity contribution in [3.63, 3.8) is 0 Å². The highest BCUT2D eigenvalue weighted by molar-refractivity contribution is 5.93. The molecule has 0 bridgehead atoms. The van der Waals surface area contributed by atoms with Crippen LogP contribution in [0.4, 0.5) is 0 Å². The van der Waals surface area contributed by atoms with Gasteiger partial charge in [0.1, 0.15) is 5.69 Å². The van der Waals surface area contributed by atoms with Crippen molar-refractivity contribution >= 4 is 11.9 Å². The second-order valence-corrected chi connectivity index (χ2v) is 4.90. The SMILES string of the molecule is Cc1ccc(C(=O)N2CC(C(=O)O)O[C@H](C)C2)n1C. The van der Waals surface area contributed by atoms with Gasteiger partial charge < -0.3 is 19.3 Å². The molecule has 1 fully saturated rings. The molecule has 6 heteroatoms. The molecule has 1 aromatic heterocycles. The molecule has 1 amide bonds. The molecule has 1 aromatic rings. The maximum absolute atomic E-state index is 12.4. The number of aliphatic carboxylic acids is 1. The molecule has 2 heterocycles. The highest BCUT2D eigenvalue weighted by Crippen LogP contribution is 2.16. The van der Waals surface area contributed by atoms with Gasteiger partial charge >= 0.3 is 5.97 Å². The van der Waals surface area contributed by atoms with Crippen LogP contribution in [-0.4, -0.2) is 51.7 Å². The molecule has 1 N–H and O–H groups in total. The predicted molar refractivity (Wildman–Crippen MR) is 68.0 cm³/mol. The number of carbonyl (C=O) groups excluding carboxylic acids is 1. The summed E-state index contributed by atoms with van der Waals surface area (Å²) in [6.07, 6.45) is -1.23. The van der Waals surface area contributed by atoms with E-state index in [-0.39, 0.29) is 18.6 Å². The lowest BCUT2D eigenvalue weighted by Crippen LogP contribution is -2.52. The second kappa shape index (κ2) is 5.05. The van der Waals surface area contributed by atoms with Gasteiger partial charge in [0.2, 0.25) is 0 Å². The summed E-state index contributed by atoms with van der Waals surface area (Å²) in [5.41, 5.74) is 1.55. The number of morpholine rings is 1. The van der Waals surface area contributed by atoms with Gasteiger partial charge in [0.05, 0.1) is 12.6 Å². The number of aromatic nitrogens is 1. The summed E-state index contributed by atoms with van der Waals surface area (Å²) in [6, 6.07) is 3.62. The smallest absolute Gasteiger partial charge is 0.334 e. The van der Waals surface area contributed by atoms with Gasteiger partial charge in [0.15, 0.2) is 6.10 Å². The van der Waals surface area contributed by atoms with Gasteiger partial charge in [-0.15, -0.1) is 0 Å². The van der Waals surface area contributed by atoms with Gasteiger partial charge in [-0.05, 0) is 26.0 Å². The number of hydrogen-bond acceptors (Lipinski definition) is 3. The number of rotatable bonds is 2. The van der Waals surface area contributed by atoms with Crippen LogP contribution in [0.15, 0.2) is 12.1 Å². The van der Waals surface area contributed by atoms with Crippen LogP contribution in [0.5, 0.6) is 0 Å². The Labute approximate surface area is 111 Å². The quantitative estimate of drug-likeness (QED) is 0.853. The Kier molecular flexibility index (Phi) is 3.61. The van der Waals surface area contributed by atoms with E-state index in [1.807, 2.05) is 20.0 Å². The molecular formula is C13H18N2O4. The van der Waals surface area contributed by atoms with E-state index in [1.54, 1.807) is 22.5 Å². The van der Waals surface area contributed by atoms with Crippen molar-refractivity contribution in [3.05, 3.63) is 23.5 Å². The van der Waals surface area contributed by atoms with Crippen LogP contribution >= 0.6 is 0 Å². The zero-order chi connectivity index (χ0) is 14.2. The third kappa shape index (κ3) is 2.63. The van der Waals surface area contributed by atoms with Crippen LogP contribution in [0.25, 0.3) is 0 Å². The summed E-state index contributed by atoms with van der Waals surface area (Å²) in [7, 11) is 1.82. The molecule has 19 heavy (non-hydrogen) atoms. The van der Waals surface area contributed by atoms with Crippen LogP contribution in [0.3, 0.4) is 0 Å². The van der Waals surface area contributed by atoms with Gasteiger partial charge in [-0.2, -0.15) is 0 Å². The van der Waals surface area contributed by atoms with Crippen LogP contribution < -0.4 is 0 Å². The summed E-state index contributed by atoms with van der Waals surface area (Å²) in [4.78, 5) is 25.0. The Hall–Kier alpha value is -1.82. The van der Waals surface area contributed by atoms with Gasteiger partial charge in [0, 0.05) is 19.3 Å². The number of amides is 1. The monoisotopic (exact) mass is 266 g/mol. The van der Waals surface area contributed by atoms with E-state index in [0.29, 0.717) is 12.2 Å². The topological polar surface area (TPSA) is 71.8 Å². The molecule has 2 rings (SSSR count). The van der Waals surface area contributed by atoms with Crippen molar-refractivity contribution in [2.24, 2.45) is 7.05 Å². The fourth-order valence-corrected chi connectivity index (χ4v) is 2.24. The van der Waals surface area contributed by atoms with Gasteiger partial charge in [-0.1, -0.05) is 0 Å². The number of carboxylic acids is 1. The van der Waals surface area contributed by atoms with Gasteiger partial charge in [-0.3, -0.25) is 4.79 Å². The number of aryl methyl sites for hydroxylation is 1. The van der Waals surface area contributed by atoms with Crippen molar-refractivity contribution in [1.29, 1.82) is 0 Å². The van der Waals surface area contributed by atoms with E-state index in [2.05, 4.69) is 0 Å². The highest BCUT2D eigenvalue weighted by Gasteiger charge is 2.33. The minimum Gasteiger partial charge on any atom is -0.479 e. The second-order valence-electron chi connectivity index (χ2n) is 4.90. The fraction of sp³-hybridized carbons (Fsp3) is 0.538. The first-order valence-corrected chi connectivity index (χ1v) is 6.20. The van der Waals surface area contributed by atoms with Crippen molar-refractivity contribution in [3.8, 4) is 0 Å². The molecule has 1 saturated heterocycles. The zero-order valence-corrected chi connectivity index (χ0v) is 11.3. The standard InChI is InChI=1S/C13H18N2O4/c1-8-4-5-10(14(8)3)12(16)15-6-9(2)19-11(7-15)13(17)18/h4-5,9,11H,6-7H2,1-3H3,(H,17,18)/t9-,11?/m1/s1. The highest BCUT2D eigenvalue weighted by atomic mass is 16.5. The molecule has 1 aliphatic rings. The molecule has 0 spiro atoms. The Balaban J connectivity index is 2.19. The van der Waals surface area contributed by atoms with E-state index in [9.17, 15) is 9.59 Å².